The molecule has 8 nitrogen and oxygen atoms in total. The summed E-state index contributed by atoms with van der Waals surface area (Å²) in [5.74, 6) is -0.822. The Kier molecular flexibility index (Phi) is 4.83. The SMILES string of the molecule is C=CC(=O)NCC(C)N(C)C(=O)c1cc2n(n1)CC(C)NC2=O. The summed E-state index contributed by atoms with van der Waals surface area (Å²) in [6, 6.07) is 1.25. The van der Waals surface area contributed by atoms with E-state index < -0.39 is 0 Å². The van der Waals surface area contributed by atoms with Gasteiger partial charge in [-0.15, -0.1) is 0 Å². The standard InChI is InChI=1S/C15H21N5O3/c1-5-13(21)16-7-10(3)19(4)15(23)11-6-12-14(22)17-9(2)8-20(12)18-11/h5-6,9-10H,1,7-8H2,2-4H3,(H,16,21)(H,17,22). The van der Waals surface area contributed by atoms with Crippen LogP contribution in [-0.4, -0.2) is 58.1 Å². The molecule has 2 heterocycles. The van der Waals surface area contributed by atoms with Crippen molar-refractivity contribution in [2.24, 2.45) is 0 Å². The maximum Gasteiger partial charge on any atom is 0.274 e. The van der Waals surface area contributed by atoms with E-state index in [4.69, 9.17) is 0 Å². The van der Waals surface area contributed by atoms with Crippen LogP contribution in [0.15, 0.2) is 18.7 Å². The Morgan fingerprint density at radius 1 is 1.65 bits per heavy atom. The number of hydrogen-bond donors (Lipinski definition) is 2. The van der Waals surface area contributed by atoms with E-state index >= 15 is 0 Å². The molecule has 0 saturated heterocycles. The quantitative estimate of drug-likeness (QED) is 0.733. The lowest BCUT2D eigenvalue weighted by Crippen LogP contribution is -2.43. The first-order valence-corrected chi connectivity index (χ1v) is 7.39. The predicted molar refractivity (Wildman–Crippen MR) is 83.9 cm³/mol. The number of aromatic nitrogens is 2. The smallest absolute Gasteiger partial charge is 0.274 e. The minimum atomic E-state index is -0.298. The molecule has 0 spiro atoms. The number of amides is 3. The van der Waals surface area contributed by atoms with E-state index in [1.165, 1.54) is 17.0 Å². The Labute approximate surface area is 134 Å². The van der Waals surface area contributed by atoms with Crippen LogP contribution in [0.2, 0.25) is 0 Å². The maximum atomic E-state index is 12.5. The van der Waals surface area contributed by atoms with Crippen molar-refractivity contribution in [2.75, 3.05) is 13.6 Å². The van der Waals surface area contributed by atoms with E-state index in [9.17, 15) is 14.4 Å². The van der Waals surface area contributed by atoms with E-state index in [1.807, 2.05) is 13.8 Å². The zero-order valence-corrected chi connectivity index (χ0v) is 13.5. The van der Waals surface area contributed by atoms with Gasteiger partial charge in [0.25, 0.3) is 11.8 Å². The van der Waals surface area contributed by atoms with Crippen LogP contribution in [0.5, 0.6) is 0 Å². The molecular weight excluding hydrogens is 298 g/mol. The van der Waals surface area contributed by atoms with Crippen molar-refractivity contribution >= 4 is 17.7 Å². The summed E-state index contributed by atoms with van der Waals surface area (Å²) < 4.78 is 1.55. The predicted octanol–water partition coefficient (Wildman–Crippen LogP) is -0.222. The van der Waals surface area contributed by atoms with Crippen molar-refractivity contribution in [2.45, 2.75) is 32.5 Å². The van der Waals surface area contributed by atoms with Crippen molar-refractivity contribution < 1.29 is 14.4 Å². The summed E-state index contributed by atoms with van der Waals surface area (Å²) in [6.45, 7) is 7.89. The monoisotopic (exact) mass is 319 g/mol. The van der Waals surface area contributed by atoms with Gasteiger partial charge in [0.05, 0.1) is 6.54 Å². The van der Waals surface area contributed by atoms with Crippen LogP contribution in [0.25, 0.3) is 0 Å². The van der Waals surface area contributed by atoms with Gasteiger partial charge in [0.15, 0.2) is 5.69 Å². The Hall–Kier alpha value is -2.64. The van der Waals surface area contributed by atoms with Crippen LogP contribution in [-0.2, 0) is 11.3 Å². The second-order valence-electron chi connectivity index (χ2n) is 5.69. The number of likely N-dealkylation sites (N-methyl/N-ethyl adjacent to an activating group) is 1. The Balaban J connectivity index is 2.08. The molecule has 0 saturated carbocycles. The molecule has 0 bridgehead atoms. The van der Waals surface area contributed by atoms with Gasteiger partial charge in [0.1, 0.15) is 5.69 Å². The van der Waals surface area contributed by atoms with Crippen molar-refractivity contribution in [3.63, 3.8) is 0 Å². The third kappa shape index (κ3) is 3.58. The number of nitrogens with one attached hydrogen (secondary N) is 2. The van der Waals surface area contributed by atoms with Crippen LogP contribution < -0.4 is 10.6 Å². The van der Waals surface area contributed by atoms with Gasteiger partial charge in [-0.3, -0.25) is 19.1 Å². The summed E-state index contributed by atoms with van der Waals surface area (Å²) in [5.41, 5.74) is 0.598. The largest absolute Gasteiger partial charge is 0.351 e. The first-order valence-electron chi connectivity index (χ1n) is 7.39. The van der Waals surface area contributed by atoms with Crippen molar-refractivity contribution in [3.05, 3.63) is 30.1 Å². The number of carbonyl (C=O) groups is 3. The highest BCUT2D eigenvalue weighted by Gasteiger charge is 2.27. The summed E-state index contributed by atoms with van der Waals surface area (Å²) in [6.07, 6.45) is 1.18. The molecule has 2 unspecified atom stereocenters. The molecule has 0 aromatic carbocycles. The summed E-state index contributed by atoms with van der Waals surface area (Å²) in [7, 11) is 1.63. The van der Waals surface area contributed by atoms with E-state index in [0.717, 1.165) is 0 Å². The molecule has 8 heteroatoms. The fraction of sp³-hybridized carbons (Fsp3) is 0.467. The lowest BCUT2D eigenvalue weighted by atomic mass is 10.2. The topological polar surface area (TPSA) is 96.3 Å². The molecule has 0 radical (unpaired) electrons. The van der Waals surface area contributed by atoms with Gasteiger partial charge in [0, 0.05) is 31.7 Å². The molecule has 2 N–H and O–H groups in total. The molecule has 0 aliphatic carbocycles. The van der Waals surface area contributed by atoms with E-state index in [0.29, 0.717) is 18.8 Å². The van der Waals surface area contributed by atoms with E-state index in [2.05, 4.69) is 22.3 Å². The molecule has 0 fully saturated rings. The third-order valence-corrected chi connectivity index (χ3v) is 3.79. The molecule has 23 heavy (non-hydrogen) atoms. The van der Waals surface area contributed by atoms with Crippen LogP contribution >= 0.6 is 0 Å². The van der Waals surface area contributed by atoms with Gasteiger partial charge in [-0.1, -0.05) is 6.58 Å². The van der Waals surface area contributed by atoms with Gasteiger partial charge in [0.2, 0.25) is 5.91 Å². The molecular formula is C15H21N5O3. The van der Waals surface area contributed by atoms with Crippen molar-refractivity contribution in [3.8, 4) is 0 Å². The molecule has 1 aromatic heterocycles. The summed E-state index contributed by atoms with van der Waals surface area (Å²) in [4.78, 5) is 37.1. The molecule has 1 aliphatic heterocycles. The van der Waals surface area contributed by atoms with Gasteiger partial charge in [-0.25, -0.2) is 0 Å². The van der Waals surface area contributed by atoms with Crippen LogP contribution in [0.3, 0.4) is 0 Å². The highest BCUT2D eigenvalue weighted by molar-refractivity contribution is 5.98. The first-order chi connectivity index (χ1) is 10.8. The normalized spacial score (nSPS) is 17.7. The molecule has 124 valence electrons. The molecule has 1 aliphatic rings. The molecule has 3 amide bonds. The molecule has 2 atom stereocenters. The minimum absolute atomic E-state index is 0.0244. The van der Waals surface area contributed by atoms with Crippen LogP contribution in [0.1, 0.15) is 34.8 Å². The van der Waals surface area contributed by atoms with Crippen molar-refractivity contribution in [1.82, 2.24) is 25.3 Å². The maximum absolute atomic E-state index is 12.5. The number of fused-ring (bicyclic) bond motifs is 1. The highest BCUT2D eigenvalue weighted by Crippen LogP contribution is 2.13. The number of nitrogens with zero attached hydrogens (tertiary/aromatic N) is 3. The first kappa shape index (κ1) is 16.7. The second-order valence-corrected chi connectivity index (χ2v) is 5.69. The van der Waals surface area contributed by atoms with Crippen molar-refractivity contribution in [1.29, 1.82) is 0 Å². The number of hydrogen-bond acceptors (Lipinski definition) is 4. The Morgan fingerprint density at radius 2 is 2.35 bits per heavy atom. The van der Waals surface area contributed by atoms with Gasteiger partial charge in [-0.2, -0.15) is 5.10 Å². The fourth-order valence-corrected chi connectivity index (χ4v) is 2.28. The van der Waals surface area contributed by atoms with Crippen LogP contribution in [0, 0.1) is 0 Å². The van der Waals surface area contributed by atoms with E-state index in [-0.39, 0.29) is 35.5 Å². The zero-order chi connectivity index (χ0) is 17.1. The number of carbonyl (C=O) groups excluding carboxylic acids is 3. The second kappa shape index (κ2) is 6.64. The Morgan fingerprint density at radius 3 is 3.00 bits per heavy atom. The lowest BCUT2D eigenvalue weighted by Gasteiger charge is -2.24. The highest BCUT2D eigenvalue weighted by atomic mass is 16.2. The zero-order valence-electron chi connectivity index (χ0n) is 13.5. The van der Waals surface area contributed by atoms with Crippen LogP contribution in [0.4, 0.5) is 0 Å². The molecule has 2 rings (SSSR count). The third-order valence-electron chi connectivity index (χ3n) is 3.79. The van der Waals surface area contributed by atoms with Gasteiger partial charge < -0.3 is 15.5 Å². The Bertz CT molecular complexity index is 652. The molecule has 1 aromatic rings. The van der Waals surface area contributed by atoms with E-state index in [1.54, 1.807) is 11.7 Å². The average molecular weight is 319 g/mol. The summed E-state index contributed by atoms with van der Waals surface area (Å²) >= 11 is 0. The summed E-state index contributed by atoms with van der Waals surface area (Å²) in [5, 5.41) is 9.67. The lowest BCUT2D eigenvalue weighted by molar-refractivity contribution is -0.116. The van der Waals surface area contributed by atoms with Gasteiger partial charge in [-0.05, 0) is 19.9 Å². The fourth-order valence-electron chi connectivity index (χ4n) is 2.28. The van der Waals surface area contributed by atoms with Gasteiger partial charge >= 0.3 is 0 Å². The number of rotatable bonds is 5. The average Bonchev–Trinajstić information content (AvgIpc) is 2.94. The minimum Gasteiger partial charge on any atom is -0.351 e.